The van der Waals surface area contributed by atoms with E-state index in [0.29, 0.717) is 5.75 Å². The molecule has 0 spiro atoms. The van der Waals surface area contributed by atoms with E-state index in [1.165, 1.54) is 120 Å². The molecule has 4 rings (SSSR count). The zero-order valence-electron chi connectivity index (χ0n) is 27.0. The van der Waals surface area contributed by atoms with Crippen molar-refractivity contribution in [3.8, 4) is 28.0 Å². The Morgan fingerprint density at radius 2 is 1.17 bits per heavy atom. The fourth-order valence-electron chi connectivity index (χ4n) is 6.27. The van der Waals surface area contributed by atoms with E-state index in [1.807, 2.05) is 11.8 Å². The molecule has 1 aliphatic carbocycles. The van der Waals surface area contributed by atoms with Crippen LogP contribution in [-0.2, 0) is 11.8 Å². The molecule has 1 nitrogen and oxygen atoms in total. The molecule has 3 aromatic rings. The molecule has 0 unspecified atom stereocenters. The highest BCUT2D eigenvalue weighted by atomic mass is 32.2. The number of phenolic OH excluding ortho intramolecular Hbond substituents is 1. The van der Waals surface area contributed by atoms with Crippen LogP contribution < -0.4 is 0 Å². The van der Waals surface area contributed by atoms with Gasteiger partial charge >= 0.3 is 0 Å². The molecule has 1 N–H and O–H groups in total. The zero-order valence-corrected chi connectivity index (χ0v) is 28.6. The minimum Gasteiger partial charge on any atom is -0.507 e. The quantitative estimate of drug-likeness (QED) is 0.0959. The van der Waals surface area contributed by atoms with Crippen LogP contribution in [0.1, 0.15) is 128 Å². The van der Waals surface area contributed by atoms with Gasteiger partial charge in [0.05, 0.1) is 0 Å². The number of unbranched alkanes of at least 4 members (excludes halogenated alkanes) is 10. The molecule has 0 fully saturated rings. The van der Waals surface area contributed by atoms with Crippen LogP contribution in [0.2, 0.25) is 0 Å². The van der Waals surface area contributed by atoms with Crippen LogP contribution in [0.4, 0.5) is 0 Å². The third kappa shape index (κ3) is 8.41. The van der Waals surface area contributed by atoms with Crippen LogP contribution in [0, 0.1) is 0 Å². The van der Waals surface area contributed by atoms with Crippen molar-refractivity contribution in [3.63, 3.8) is 0 Å². The lowest BCUT2D eigenvalue weighted by Gasteiger charge is -2.24. The first-order valence-corrected chi connectivity index (χ1v) is 18.7. The van der Waals surface area contributed by atoms with Crippen LogP contribution in [0.3, 0.4) is 0 Å². The summed E-state index contributed by atoms with van der Waals surface area (Å²) >= 11 is 4.07. The summed E-state index contributed by atoms with van der Waals surface area (Å²) < 4.78 is 0. The smallest absolute Gasteiger partial charge is 0.127 e. The molecule has 0 aliphatic heterocycles. The van der Waals surface area contributed by atoms with E-state index in [4.69, 9.17) is 0 Å². The molecule has 0 heterocycles. The summed E-state index contributed by atoms with van der Waals surface area (Å²) in [7, 11) is 0. The topological polar surface area (TPSA) is 20.2 Å². The lowest BCUT2D eigenvalue weighted by atomic mass is 9.83. The summed E-state index contributed by atoms with van der Waals surface area (Å²) in [4.78, 5) is 2.78. The third-order valence-electron chi connectivity index (χ3n) is 8.64. The average molecular weight is 603 g/mol. The maximum atomic E-state index is 11.8. The van der Waals surface area contributed by atoms with Crippen molar-refractivity contribution in [3.05, 3.63) is 65.2 Å². The second-order valence-corrected chi connectivity index (χ2v) is 15.4. The highest BCUT2D eigenvalue weighted by molar-refractivity contribution is 8.00. The van der Waals surface area contributed by atoms with Gasteiger partial charge in [-0.1, -0.05) is 141 Å². The largest absolute Gasteiger partial charge is 0.507 e. The van der Waals surface area contributed by atoms with E-state index in [2.05, 4.69) is 94.9 Å². The van der Waals surface area contributed by atoms with Gasteiger partial charge in [-0.3, -0.25) is 0 Å². The van der Waals surface area contributed by atoms with E-state index in [0.717, 1.165) is 23.3 Å². The molecule has 0 atom stereocenters. The van der Waals surface area contributed by atoms with Gasteiger partial charge < -0.3 is 5.11 Å². The van der Waals surface area contributed by atoms with Gasteiger partial charge in [-0.15, -0.1) is 23.5 Å². The van der Waals surface area contributed by atoms with Crippen molar-refractivity contribution in [2.24, 2.45) is 0 Å². The molecule has 0 aromatic heterocycles. The Kier molecular flexibility index (Phi) is 12.8. The van der Waals surface area contributed by atoms with E-state index < -0.39 is 0 Å². The second kappa shape index (κ2) is 16.3. The number of para-hydroxylation sites is 1. The molecule has 0 saturated carbocycles. The number of hydrogen-bond donors (Lipinski definition) is 1. The summed E-state index contributed by atoms with van der Waals surface area (Å²) in [6, 6.07) is 17.9. The van der Waals surface area contributed by atoms with Gasteiger partial charge in [0.1, 0.15) is 5.75 Å². The molecular weight excluding hydrogens is 549 g/mol. The van der Waals surface area contributed by atoms with Gasteiger partial charge in [-0.05, 0) is 70.1 Å². The number of aromatic hydroxyl groups is 1. The number of benzene rings is 3. The normalized spacial score (nSPS) is 12.5. The van der Waals surface area contributed by atoms with Crippen LogP contribution in [0.5, 0.6) is 5.75 Å². The Hall–Kier alpha value is -1.84. The SMILES string of the molecule is CCCCCCCCSc1cc(SCCCCCCCC)c(-c2cccc(C(C)(C)C)c2O)c2c1-c1ccccc1C2. The predicted octanol–water partition coefficient (Wildman–Crippen LogP) is 12.8. The number of thioether (sulfide) groups is 2. The van der Waals surface area contributed by atoms with Crippen molar-refractivity contribution in [2.45, 2.75) is 133 Å². The summed E-state index contributed by atoms with van der Waals surface area (Å²) in [6.07, 6.45) is 16.9. The van der Waals surface area contributed by atoms with Crippen molar-refractivity contribution >= 4 is 23.5 Å². The van der Waals surface area contributed by atoms with Gasteiger partial charge in [0.15, 0.2) is 0 Å². The Morgan fingerprint density at radius 3 is 1.76 bits per heavy atom. The highest BCUT2D eigenvalue weighted by Gasteiger charge is 2.30. The highest BCUT2D eigenvalue weighted by Crippen LogP contribution is 2.52. The fraction of sp³-hybridized carbons (Fsp3) is 0.538. The zero-order chi connectivity index (χ0) is 30.0. The van der Waals surface area contributed by atoms with E-state index >= 15 is 0 Å². The van der Waals surface area contributed by atoms with E-state index in [1.54, 1.807) is 0 Å². The van der Waals surface area contributed by atoms with Crippen molar-refractivity contribution in [2.75, 3.05) is 11.5 Å². The summed E-state index contributed by atoms with van der Waals surface area (Å²) in [5.74, 6) is 2.76. The molecule has 228 valence electrons. The Balaban J connectivity index is 1.71. The lowest BCUT2D eigenvalue weighted by molar-refractivity contribution is 0.448. The minimum atomic E-state index is -0.120. The first kappa shape index (κ1) is 33.1. The molecule has 0 amide bonds. The summed E-state index contributed by atoms with van der Waals surface area (Å²) in [5.41, 5.74) is 8.81. The van der Waals surface area contributed by atoms with Gasteiger partial charge in [0.25, 0.3) is 0 Å². The molecule has 0 saturated heterocycles. The van der Waals surface area contributed by atoms with Gasteiger partial charge in [-0.2, -0.15) is 0 Å². The Bertz CT molecular complexity index is 1290. The van der Waals surface area contributed by atoms with E-state index in [-0.39, 0.29) is 5.41 Å². The molecule has 0 radical (unpaired) electrons. The first-order chi connectivity index (χ1) is 20.4. The molecule has 0 bridgehead atoms. The molecular formula is C39H54OS2. The van der Waals surface area contributed by atoms with Crippen LogP contribution in [0.25, 0.3) is 22.3 Å². The van der Waals surface area contributed by atoms with Crippen molar-refractivity contribution < 1.29 is 5.11 Å². The van der Waals surface area contributed by atoms with Gasteiger partial charge in [0.2, 0.25) is 0 Å². The minimum absolute atomic E-state index is 0.120. The van der Waals surface area contributed by atoms with Crippen LogP contribution >= 0.6 is 23.5 Å². The monoisotopic (exact) mass is 602 g/mol. The summed E-state index contributed by atoms with van der Waals surface area (Å²) in [6.45, 7) is 11.2. The van der Waals surface area contributed by atoms with Gasteiger partial charge in [0, 0.05) is 20.9 Å². The van der Waals surface area contributed by atoms with Crippen LogP contribution in [-0.4, -0.2) is 16.6 Å². The van der Waals surface area contributed by atoms with E-state index in [9.17, 15) is 5.11 Å². The first-order valence-electron chi connectivity index (χ1n) is 16.7. The average Bonchev–Trinajstić information content (AvgIpc) is 3.35. The second-order valence-electron chi connectivity index (χ2n) is 13.1. The number of rotatable bonds is 17. The molecule has 3 aromatic carbocycles. The molecule has 1 aliphatic rings. The lowest BCUT2D eigenvalue weighted by Crippen LogP contribution is -2.11. The molecule has 3 heteroatoms. The maximum absolute atomic E-state index is 11.8. The maximum Gasteiger partial charge on any atom is 0.127 e. The standard InChI is InChI=1S/C39H54OS2/c1-6-8-10-12-14-18-25-41-34-28-35(42-26-19-15-13-11-9-7-2)37(31-23-20-24-33(38(31)40)39(3,4)5)32-27-29-21-16-17-22-30(29)36(32)34/h16-17,20-24,28,40H,6-15,18-19,25-27H2,1-5H3. The number of fused-ring (bicyclic) bond motifs is 3. The number of hydrogen-bond acceptors (Lipinski definition) is 3. The predicted molar refractivity (Wildman–Crippen MR) is 189 cm³/mol. The van der Waals surface area contributed by atoms with Gasteiger partial charge in [-0.25, -0.2) is 0 Å². The summed E-state index contributed by atoms with van der Waals surface area (Å²) in [5, 5.41) is 11.8. The van der Waals surface area contributed by atoms with Crippen molar-refractivity contribution in [1.82, 2.24) is 0 Å². The fourth-order valence-corrected chi connectivity index (χ4v) is 8.64. The van der Waals surface area contributed by atoms with Crippen LogP contribution in [0.15, 0.2) is 58.3 Å². The third-order valence-corrected chi connectivity index (χ3v) is 10.9. The number of phenols is 1. The Labute approximate surface area is 265 Å². The molecule has 42 heavy (non-hydrogen) atoms. The van der Waals surface area contributed by atoms with Crippen molar-refractivity contribution in [1.29, 1.82) is 0 Å². The Morgan fingerprint density at radius 1 is 0.643 bits per heavy atom.